The second kappa shape index (κ2) is 6.47. The summed E-state index contributed by atoms with van der Waals surface area (Å²) >= 11 is 4.97. The van der Waals surface area contributed by atoms with Gasteiger partial charge in [-0.05, 0) is 18.9 Å². The Balaban J connectivity index is 1.85. The van der Waals surface area contributed by atoms with Gasteiger partial charge in [0.2, 0.25) is 5.91 Å². The third-order valence-corrected chi connectivity index (χ3v) is 3.42. The number of nitrogens with two attached hydrogens (primary N) is 1. The monoisotopic (exact) mass is 278 g/mol. The van der Waals surface area contributed by atoms with Crippen molar-refractivity contribution in [2.75, 3.05) is 25.0 Å². The Morgan fingerprint density at radius 2 is 2.21 bits per heavy atom. The number of pyridine rings is 1. The van der Waals surface area contributed by atoms with Gasteiger partial charge in [0.1, 0.15) is 4.99 Å². The van der Waals surface area contributed by atoms with E-state index in [2.05, 4.69) is 10.3 Å². The molecule has 1 aliphatic heterocycles. The Morgan fingerprint density at radius 3 is 2.89 bits per heavy atom. The summed E-state index contributed by atoms with van der Waals surface area (Å²) in [7, 11) is 0. The molecule has 0 aliphatic carbocycles. The number of hydrogen-bond donors (Lipinski definition) is 2. The molecular weight excluding hydrogens is 260 g/mol. The van der Waals surface area contributed by atoms with Crippen LogP contribution < -0.4 is 11.1 Å². The van der Waals surface area contributed by atoms with Crippen molar-refractivity contribution in [2.24, 2.45) is 5.73 Å². The summed E-state index contributed by atoms with van der Waals surface area (Å²) < 4.78 is 0. The number of carbonyl (C=O) groups excluding carboxylic acids is 1. The molecule has 6 heteroatoms. The van der Waals surface area contributed by atoms with E-state index < -0.39 is 0 Å². The van der Waals surface area contributed by atoms with E-state index in [1.165, 1.54) is 0 Å². The largest absolute Gasteiger partial charge is 0.389 e. The second-order valence-corrected chi connectivity index (χ2v) is 4.99. The highest BCUT2D eigenvalue weighted by Crippen LogP contribution is 2.14. The second-order valence-electron chi connectivity index (χ2n) is 4.55. The Labute approximate surface area is 118 Å². The van der Waals surface area contributed by atoms with Gasteiger partial charge in [-0.1, -0.05) is 12.2 Å². The molecule has 0 aromatic carbocycles. The molecule has 1 aromatic rings. The SMILES string of the molecule is NC(=S)c1ccncc1NCCC(=O)N1CCCC1. The van der Waals surface area contributed by atoms with Crippen molar-refractivity contribution in [1.82, 2.24) is 9.88 Å². The van der Waals surface area contributed by atoms with Crippen LogP contribution in [0.1, 0.15) is 24.8 Å². The molecule has 1 fully saturated rings. The third kappa shape index (κ3) is 3.64. The van der Waals surface area contributed by atoms with Gasteiger partial charge in [-0.3, -0.25) is 9.78 Å². The van der Waals surface area contributed by atoms with E-state index in [1.54, 1.807) is 18.5 Å². The molecule has 2 heterocycles. The van der Waals surface area contributed by atoms with Crippen LogP contribution in [0.25, 0.3) is 0 Å². The maximum Gasteiger partial charge on any atom is 0.224 e. The molecule has 0 unspecified atom stereocenters. The van der Waals surface area contributed by atoms with Crippen LogP contribution in [0.4, 0.5) is 5.69 Å². The van der Waals surface area contributed by atoms with Crippen LogP contribution in [0.2, 0.25) is 0 Å². The smallest absolute Gasteiger partial charge is 0.224 e. The third-order valence-electron chi connectivity index (χ3n) is 3.20. The maximum absolute atomic E-state index is 11.9. The molecule has 0 saturated carbocycles. The van der Waals surface area contributed by atoms with Gasteiger partial charge in [0.05, 0.1) is 11.9 Å². The minimum absolute atomic E-state index is 0.200. The zero-order valence-corrected chi connectivity index (χ0v) is 11.6. The fourth-order valence-electron chi connectivity index (χ4n) is 2.18. The number of aromatic nitrogens is 1. The lowest BCUT2D eigenvalue weighted by Gasteiger charge is -2.16. The van der Waals surface area contributed by atoms with E-state index in [0.717, 1.165) is 37.2 Å². The maximum atomic E-state index is 11.9. The molecule has 3 N–H and O–H groups in total. The van der Waals surface area contributed by atoms with Gasteiger partial charge in [-0.25, -0.2) is 0 Å². The van der Waals surface area contributed by atoms with Crippen molar-refractivity contribution in [3.63, 3.8) is 0 Å². The molecule has 1 aromatic heterocycles. The first kappa shape index (κ1) is 13.7. The van der Waals surface area contributed by atoms with Crippen molar-refractivity contribution in [3.05, 3.63) is 24.0 Å². The molecule has 1 saturated heterocycles. The minimum Gasteiger partial charge on any atom is -0.389 e. The van der Waals surface area contributed by atoms with E-state index in [9.17, 15) is 4.79 Å². The highest BCUT2D eigenvalue weighted by Gasteiger charge is 2.17. The molecule has 102 valence electrons. The van der Waals surface area contributed by atoms with Gasteiger partial charge in [0, 0.05) is 37.8 Å². The lowest BCUT2D eigenvalue weighted by Crippen LogP contribution is -2.29. The number of likely N-dealkylation sites (tertiary alicyclic amines) is 1. The predicted octanol–water partition coefficient (Wildman–Crippen LogP) is 1.14. The summed E-state index contributed by atoms with van der Waals surface area (Å²) in [5.41, 5.74) is 7.18. The van der Waals surface area contributed by atoms with Crippen molar-refractivity contribution in [3.8, 4) is 0 Å². The molecule has 2 rings (SSSR count). The predicted molar refractivity (Wildman–Crippen MR) is 79.0 cm³/mol. The zero-order valence-electron chi connectivity index (χ0n) is 10.8. The molecule has 0 bridgehead atoms. The summed E-state index contributed by atoms with van der Waals surface area (Å²) in [6.45, 7) is 2.35. The van der Waals surface area contributed by atoms with Crippen LogP contribution in [0.3, 0.4) is 0 Å². The van der Waals surface area contributed by atoms with Gasteiger partial charge in [0.15, 0.2) is 0 Å². The zero-order chi connectivity index (χ0) is 13.7. The summed E-state index contributed by atoms with van der Waals surface area (Å²) in [6, 6.07) is 1.77. The summed E-state index contributed by atoms with van der Waals surface area (Å²) in [6.07, 6.45) is 6.04. The molecular formula is C13H18N4OS. The highest BCUT2D eigenvalue weighted by molar-refractivity contribution is 7.80. The first-order valence-corrected chi connectivity index (χ1v) is 6.85. The minimum atomic E-state index is 0.200. The summed E-state index contributed by atoms with van der Waals surface area (Å²) in [5.74, 6) is 0.200. The van der Waals surface area contributed by atoms with Crippen LogP contribution in [-0.2, 0) is 4.79 Å². The lowest BCUT2D eigenvalue weighted by molar-refractivity contribution is -0.129. The first-order chi connectivity index (χ1) is 9.18. The average Bonchev–Trinajstić information content (AvgIpc) is 2.93. The number of amides is 1. The van der Waals surface area contributed by atoms with Crippen molar-refractivity contribution in [2.45, 2.75) is 19.3 Å². The number of thiocarbonyl (C=S) groups is 1. The van der Waals surface area contributed by atoms with Gasteiger partial charge < -0.3 is 16.0 Å². The Hall–Kier alpha value is -1.69. The summed E-state index contributed by atoms with van der Waals surface area (Å²) in [5, 5.41) is 3.17. The Kier molecular flexibility index (Phi) is 4.68. The molecule has 5 nitrogen and oxygen atoms in total. The van der Waals surface area contributed by atoms with Crippen LogP contribution in [0.5, 0.6) is 0 Å². The molecule has 1 aliphatic rings. The van der Waals surface area contributed by atoms with E-state index in [4.69, 9.17) is 18.0 Å². The fraction of sp³-hybridized carbons (Fsp3) is 0.462. The Bertz CT molecular complexity index is 471. The molecule has 19 heavy (non-hydrogen) atoms. The van der Waals surface area contributed by atoms with Crippen LogP contribution in [-0.4, -0.2) is 40.4 Å². The number of anilines is 1. The fourth-order valence-corrected chi connectivity index (χ4v) is 2.36. The van der Waals surface area contributed by atoms with E-state index in [0.29, 0.717) is 18.0 Å². The van der Waals surface area contributed by atoms with Crippen molar-refractivity contribution >= 4 is 28.8 Å². The summed E-state index contributed by atoms with van der Waals surface area (Å²) in [4.78, 5) is 18.1. The number of hydrogen-bond acceptors (Lipinski definition) is 4. The number of nitrogens with one attached hydrogen (secondary N) is 1. The molecule has 0 atom stereocenters. The highest BCUT2D eigenvalue weighted by atomic mass is 32.1. The van der Waals surface area contributed by atoms with E-state index >= 15 is 0 Å². The normalized spacial score (nSPS) is 14.4. The van der Waals surface area contributed by atoms with Gasteiger partial charge in [-0.2, -0.15) is 0 Å². The molecule has 0 radical (unpaired) electrons. The van der Waals surface area contributed by atoms with Gasteiger partial charge >= 0.3 is 0 Å². The number of nitrogens with zero attached hydrogens (tertiary/aromatic N) is 2. The van der Waals surface area contributed by atoms with E-state index in [1.807, 2.05) is 4.90 Å². The van der Waals surface area contributed by atoms with Crippen molar-refractivity contribution in [1.29, 1.82) is 0 Å². The topological polar surface area (TPSA) is 71.2 Å². The lowest BCUT2D eigenvalue weighted by atomic mass is 10.2. The van der Waals surface area contributed by atoms with Gasteiger partial charge in [0.25, 0.3) is 0 Å². The van der Waals surface area contributed by atoms with Crippen LogP contribution in [0.15, 0.2) is 18.5 Å². The van der Waals surface area contributed by atoms with Crippen molar-refractivity contribution < 1.29 is 4.79 Å². The first-order valence-electron chi connectivity index (χ1n) is 6.44. The molecule has 1 amide bonds. The Morgan fingerprint density at radius 1 is 1.47 bits per heavy atom. The van der Waals surface area contributed by atoms with Crippen LogP contribution >= 0.6 is 12.2 Å². The van der Waals surface area contributed by atoms with E-state index in [-0.39, 0.29) is 5.91 Å². The average molecular weight is 278 g/mol. The number of carbonyl (C=O) groups is 1. The standard InChI is InChI=1S/C13H18N4OS/c14-13(19)10-3-5-15-9-11(10)16-6-4-12(18)17-7-1-2-8-17/h3,5,9,16H,1-2,4,6-8H2,(H2,14,19). The number of rotatable bonds is 5. The van der Waals surface area contributed by atoms with Gasteiger partial charge in [-0.15, -0.1) is 0 Å². The molecule has 0 spiro atoms. The quantitative estimate of drug-likeness (QED) is 0.790. The van der Waals surface area contributed by atoms with Crippen LogP contribution in [0, 0.1) is 0 Å².